The van der Waals surface area contributed by atoms with E-state index in [0.717, 1.165) is 41.7 Å². The lowest BCUT2D eigenvalue weighted by Gasteiger charge is -2.26. The van der Waals surface area contributed by atoms with E-state index in [1.807, 2.05) is 24.3 Å². The van der Waals surface area contributed by atoms with Crippen LogP contribution in [0.3, 0.4) is 0 Å². The minimum atomic E-state index is 0.0293. The van der Waals surface area contributed by atoms with Gasteiger partial charge in [-0.2, -0.15) is 5.10 Å². The third-order valence-corrected chi connectivity index (χ3v) is 4.76. The summed E-state index contributed by atoms with van der Waals surface area (Å²) in [5.74, 6) is 0. The molecule has 2 heterocycles. The van der Waals surface area contributed by atoms with E-state index < -0.39 is 0 Å². The normalized spacial score (nSPS) is 18.1. The molecule has 0 saturated carbocycles. The maximum Gasteiger partial charge on any atom is 0.159 e. The summed E-state index contributed by atoms with van der Waals surface area (Å²) in [7, 11) is 5.81. The summed E-state index contributed by atoms with van der Waals surface area (Å²) >= 11 is 1.53. The number of thioether (sulfide) groups is 1. The molecule has 1 aromatic heterocycles. The molecule has 2 radical (unpaired) electrons. The minimum absolute atomic E-state index is 0.0293. The molecule has 1 atom stereocenters. The average molecular weight is 323 g/mol. The highest BCUT2D eigenvalue weighted by Gasteiger charge is 2.28. The Morgan fingerprint density at radius 3 is 2.74 bits per heavy atom. The van der Waals surface area contributed by atoms with Gasteiger partial charge in [0.2, 0.25) is 0 Å². The van der Waals surface area contributed by atoms with Gasteiger partial charge in [0.1, 0.15) is 20.5 Å². The van der Waals surface area contributed by atoms with Crippen LogP contribution in [-0.4, -0.2) is 27.8 Å². The molecule has 0 saturated heterocycles. The Morgan fingerprint density at radius 2 is 2.09 bits per heavy atom. The lowest BCUT2D eigenvalue weighted by Crippen LogP contribution is -2.20. The molecule has 2 N–H and O–H groups in total. The van der Waals surface area contributed by atoms with Gasteiger partial charge in [-0.1, -0.05) is 54.8 Å². The van der Waals surface area contributed by atoms with E-state index in [2.05, 4.69) is 22.0 Å². The third kappa shape index (κ3) is 3.50. The molecular weight excluding hydrogens is 305 g/mol. The molecule has 0 bridgehead atoms. The predicted octanol–water partition coefficient (Wildman–Crippen LogP) is 2.23. The number of nitrogens with zero attached hydrogens (tertiary/aromatic N) is 4. The Hall–Kier alpha value is -2.02. The number of unbranched alkanes of at least 4 members (excludes halogenated alkanes) is 1. The van der Waals surface area contributed by atoms with Crippen molar-refractivity contribution in [2.75, 3.05) is 0 Å². The smallest absolute Gasteiger partial charge is 0.159 e. The van der Waals surface area contributed by atoms with Gasteiger partial charge in [0, 0.05) is 0 Å². The monoisotopic (exact) mass is 323 g/mol. The number of benzene rings is 1. The SMILES string of the molecule is [B]c1ccc(C2SC(N)=NC(CCCC)=C2n2cncn2)cc1. The van der Waals surface area contributed by atoms with E-state index in [1.165, 1.54) is 18.1 Å². The Balaban J connectivity index is 2.08. The second-order valence-electron chi connectivity index (χ2n) is 5.39. The van der Waals surface area contributed by atoms with Crippen LogP contribution in [0.4, 0.5) is 0 Å². The second-order valence-corrected chi connectivity index (χ2v) is 6.52. The highest BCUT2D eigenvalue weighted by atomic mass is 32.2. The van der Waals surface area contributed by atoms with Gasteiger partial charge < -0.3 is 5.73 Å². The number of allylic oxidation sites excluding steroid dienone is 1. The van der Waals surface area contributed by atoms with Crippen LogP contribution >= 0.6 is 11.8 Å². The van der Waals surface area contributed by atoms with Gasteiger partial charge in [0.15, 0.2) is 5.17 Å². The van der Waals surface area contributed by atoms with Gasteiger partial charge in [-0.25, -0.2) is 14.7 Å². The van der Waals surface area contributed by atoms with Crippen LogP contribution in [0.15, 0.2) is 47.6 Å². The topological polar surface area (TPSA) is 69.1 Å². The summed E-state index contributed by atoms with van der Waals surface area (Å²) in [4.78, 5) is 8.66. The molecule has 7 heteroatoms. The summed E-state index contributed by atoms with van der Waals surface area (Å²) in [6.07, 6.45) is 6.28. The molecule has 23 heavy (non-hydrogen) atoms. The first-order valence-electron chi connectivity index (χ1n) is 7.63. The maximum absolute atomic E-state index is 6.08. The van der Waals surface area contributed by atoms with Gasteiger partial charge in [-0.05, 0) is 18.4 Å². The van der Waals surface area contributed by atoms with Gasteiger partial charge in [-0.15, -0.1) is 0 Å². The van der Waals surface area contributed by atoms with E-state index in [0.29, 0.717) is 5.17 Å². The maximum atomic E-state index is 6.08. The van der Waals surface area contributed by atoms with Gasteiger partial charge in [0.05, 0.1) is 16.6 Å². The predicted molar refractivity (Wildman–Crippen MR) is 96.5 cm³/mol. The van der Waals surface area contributed by atoms with Crippen LogP contribution in [0.5, 0.6) is 0 Å². The molecular formula is C16H18BN5S. The highest BCUT2D eigenvalue weighted by molar-refractivity contribution is 8.14. The largest absolute Gasteiger partial charge is 0.378 e. The van der Waals surface area contributed by atoms with Crippen molar-refractivity contribution in [2.24, 2.45) is 10.7 Å². The quantitative estimate of drug-likeness (QED) is 0.857. The van der Waals surface area contributed by atoms with Crippen molar-refractivity contribution in [3.05, 3.63) is 48.2 Å². The summed E-state index contributed by atoms with van der Waals surface area (Å²) in [5, 5.41) is 4.93. The molecule has 0 amide bonds. The summed E-state index contributed by atoms with van der Waals surface area (Å²) in [6, 6.07) is 7.87. The molecule has 1 aliphatic heterocycles. The van der Waals surface area contributed by atoms with Crippen LogP contribution in [0.2, 0.25) is 0 Å². The number of rotatable bonds is 5. The Kier molecular flexibility index (Phi) is 4.86. The average Bonchev–Trinajstić information content (AvgIpc) is 3.07. The fraction of sp³-hybridized carbons (Fsp3) is 0.312. The molecule has 5 nitrogen and oxygen atoms in total. The van der Waals surface area contributed by atoms with Crippen molar-refractivity contribution in [1.82, 2.24) is 14.8 Å². The van der Waals surface area contributed by atoms with Crippen molar-refractivity contribution in [3.8, 4) is 0 Å². The molecule has 1 aliphatic rings. The lowest BCUT2D eigenvalue weighted by atomic mass is 9.94. The lowest BCUT2D eigenvalue weighted by molar-refractivity contribution is 0.760. The molecule has 1 unspecified atom stereocenters. The summed E-state index contributed by atoms with van der Waals surface area (Å²) in [5.41, 5.74) is 9.96. The fourth-order valence-corrected chi connectivity index (χ4v) is 3.61. The molecule has 3 rings (SSSR count). The van der Waals surface area contributed by atoms with E-state index >= 15 is 0 Å². The standard InChI is InChI=1S/C16H18BN5S/c1-2-3-4-13-14(22-10-19-9-20-22)15(23-16(18)21-13)11-5-7-12(17)8-6-11/h5-10,15H,2-4H2,1H3,(H2,18,21). The van der Waals surface area contributed by atoms with Crippen LogP contribution in [-0.2, 0) is 0 Å². The van der Waals surface area contributed by atoms with Gasteiger partial charge in [0.25, 0.3) is 0 Å². The molecule has 0 fully saturated rings. The van der Waals surface area contributed by atoms with Crippen LogP contribution in [0.25, 0.3) is 5.70 Å². The van der Waals surface area contributed by atoms with Crippen molar-refractivity contribution >= 4 is 35.9 Å². The van der Waals surface area contributed by atoms with E-state index in [9.17, 15) is 0 Å². The highest BCUT2D eigenvalue weighted by Crippen LogP contribution is 2.43. The third-order valence-electron chi connectivity index (χ3n) is 3.70. The number of hydrogen-bond donors (Lipinski definition) is 1. The van der Waals surface area contributed by atoms with Crippen molar-refractivity contribution in [2.45, 2.75) is 31.4 Å². The Bertz CT molecular complexity index is 721. The van der Waals surface area contributed by atoms with Crippen LogP contribution in [0, 0.1) is 0 Å². The Labute approximate surface area is 141 Å². The van der Waals surface area contributed by atoms with Gasteiger partial charge >= 0.3 is 0 Å². The Morgan fingerprint density at radius 1 is 1.30 bits per heavy atom. The van der Waals surface area contributed by atoms with Crippen molar-refractivity contribution in [1.29, 1.82) is 0 Å². The van der Waals surface area contributed by atoms with Gasteiger partial charge in [-0.3, -0.25) is 0 Å². The van der Waals surface area contributed by atoms with Crippen molar-refractivity contribution in [3.63, 3.8) is 0 Å². The number of hydrogen-bond acceptors (Lipinski definition) is 5. The first-order valence-corrected chi connectivity index (χ1v) is 8.51. The zero-order chi connectivity index (χ0) is 16.2. The van der Waals surface area contributed by atoms with Crippen molar-refractivity contribution < 1.29 is 0 Å². The zero-order valence-corrected chi connectivity index (χ0v) is 13.8. The molecule has 0 spiro atoms. The van der Waals surface area contributed by atoms with Crippen LogP contribution < -0.4 is 11.2 Å². The minimum Gasteiger partial charge on any atom is -0.378 e. The fourth-order valence-electron chi connectivity index (χ4n) is 2.55. The summed E-state index contributed by atoms with van der Waals surface area (Å²) in [6.45, 7) is 2.16. The number of aromatic nitrogens is 3. The van der Waals surface area contributed by atoms with Crippen LogP contribution in [0.1, 0.15) is 37.0 Å². The molecule has 116 valence electrons. The molecule has 0 aliphatic carbocycles. The van der Waals surface area contributed by atoms with E-state index in [1.54, 1.807) is 11.0 Å². The van der Waals surface area contributed by atoms with E-state index in [4.69, 9.17) is 13.6 Å². The number of amidine groups is 1. The number of aliphatic imine (C=N–C) groups is 1. The van der Waals surface area contributed by atoms with E-state index in [-0.39, 0.29) is 5.25 Å². The number of nitrogens with two attached hydrogens (primary N) is 1. The first kappa shape index (κ1) is 15.9. The summed E-state index contributed by atoms with van der Waals surface area (Å²) < 4.78 is 1.80. The molecule has 2 aromatic rings. The molecule has 1 aromatic carbocycles. The zero-order valence-electron chi connectivity index (χ0n) is 13.0. The first-order chi connectivity index (χ1) is 11.2. The second kappa shape index (κ2) is 7.04.